The first-order valence-electron chi connectivity index (χ1n) is 6.01. The molecule has 0 aliphatic carbocycles. The van der Waals surface area contributed by atoms with E-state index in [1.54, 1.807) is 30.3 Å². The van der Waals surface area contributed by atoms with Gasteiger partial charge in [0, 0.05) is 0 Å². The summed E-state index contributed by atoms with van der Waals surface area (Å²) in [5, 5.41) is 9.53. The third-order valence-corrected chi connectivity index (χ3v) is 2.86. The summed E-state index contributed by atoms with van der Waals surface area (Å²) in [6.45, 7) is 0.507. The SMILES string of the molecule is O=C(O)c1ccccc1OCCOc1ccccc1Cl. The van der Waals surface area contributed by atoms with Gasteiger partial charge in [-0.15, -0.1) is 0 Å². The smallest absolute Gasteiger partial charge is 0.339 e. The monoisotopic (exact) mass is 292 g/mol. The minimum atomic E-state index is -1.02. The molecule has 0 atom stereocenters. The average molecular weight is 293 g/mol. The lowest BCUT2D eigenvalue weighted by Gasteiger charge is -2.10. The molecule has 0 saturated heterocycles. The molecule has 104 valence electrons. The molecule has 0 heterocycles. The van der Waals surface area contributed by atoms with E-state index in [1.807, 2.05) is 12.1 Å². The Hall–Kier alpha value is -2.20. The van der Waals surface area contributed by atoms with E-state index >= 15 is 0 Å². The van der Waals surface area contributed by atoms with E-state index in [0.717, 1.165) is 0 Å². The number of rotatable bonds is 6. The molecule has 0 saturated carbocycles. The van der Waals surface area contributed by atoms with Crippen LogP contribution in [0.3, 0.4) is 0 Å². The normalized spacial score (nSPS) is 10.1. The van der Waals surface area contributed by atoms with Crippen molar-refractivity contribution in [3.05, 3.63) is 59.1 Å². The Bertz CT molecular complexity index is 598. The van der Waals surface area contributed by atoms with E-state index in [9.17, 15) is 4.79 Å². The number of hydrogen-bond donors (Lipinski definition) is 1. The topological polar surface area (TPSA) is 55.8 Å². The maximum Gasteiger partial charge on any atom is 0.339 e. The van der Waals surface area contributed by atoms with Crippen LogP contribution in [-0.4, -0.2) is 24.3 Å². The molecule has 0 amide bonds. The summed E-state index contributed by atoms with van der Waals surface area (Å²) in [6.07, 6.45) is 0. The maximum atomic E-state index is 11.0. The predicted octanol–water partition coefficient (Wildman–Crippen LogP) is 3.50. The van der Waals surface area contributed by atoms with Crippen LogP contribution in [0.2, 0.25) is 5.02 Å². The quantitative estimate of drug-likeness (QED) is 0.828. The van der Waals surface area contributed by atoms with Crippen LogP contribution in [0.4, 0.5) is 0 Å². The van der Waals surface area contributed by atoms with Gasteiger partial charge in [0.1, 0.15) is 30.3 Å². The van der Waals surface area contributed by atoms with Gasteiger partial charge >= 0.3 is 5.97 Å². The molecule has 0 aliphatic heterocycles. The van der Waals surface area contributed by atoms with Crippen molar-refractivity contribution in [1.82, 2.24) is 0 Å². The molecule has 0 radical (unpaired) electrons. The minimum Gasteiger partial charge on any atom is -0.489 e. The Labute approximate surface area is 121 Å². The maximum absolute atomic E-state index is 11.0. The van der Waals surface area contributed by atoms with E-state index in [1.165, 1.54) is 6.07 Å². The van der Waals surface area contributed by atoms with Gasteiger partial charge in [0.2, 0.25) is 0 Å². The molecule has 2 aromatic rings. The van der Waals surface area contributed by atoms with Crippen LogP contribution in [0.15, 0.2) is 48.5 Å². The van der Waals surface area contributed by atoms with Gasteiger partial charge < -0.3 is 14.6 Å². The van der Waals surface area contributed by atoms with Crippen molar-refractivity contribution in [3.8, 4) is 11.5 Å². The number of halogens is 1. The van der Waals surface area contributed by atoms with Gasteiger partial charge in [0.25, 0.3) is 0 Å². The number of carbonyl (C=O) groups is 1. The second kappa shape index (κ2) is 6.82. The molecule has 0 spiro atoms. The summed E-state index contributed by atoms with van der Waals surface area (Å²) in [5.74, 6) is -0.125. The molecule has 20 heavy (non-hydrogen) atoms. The molecule has 0 unspecified atom stereocenters. The first-order chi connectivity index (χ1) is 9.68. The van der Waals surface area contributed by atoms with E-state index in [0.29, 0.717) is 16.5 Å². The minimum absolute atomic E-state index is 0.130. The number of carboxylic acids is 1. The number of carboxylic acid groups (broad SMARTS) is 1. The molecular weight excluding hydrogens is 280 g/mol. The first-order valence-corrected chi connectivity index (χ1v) is 6.38. The summed E-state index contributed by atoms with van der Waals surface area (Å²) in [7, 11) is 0. The molecule has 2 aromatic carbocycles. The Morgan fingerprint density at radius 1 is 0.950 bits per heavy atom. The highest BCUT2D eigenvalue weighted by Crippen LogP contribution is 2.23. The van der Waals surface area contributed by atoms with Crippen molar-refractivity contribution in [2.45, 2.75) is 0 Å². The Morgan fingerprint density at radius 3 is 2.15 bits per heavy atom. The van der Waals surface area contributed by atoms with Gasteiger partial charge in [-0.2, -0.15) is 0 Å². The zero-order valence-corrected chi connectivity index (χ0v) is 11.3. The van der Waals surface area contributed by atoms with E-state index < -0.39 is 5.97 Å². The lowest BCUT2D eigenvalue weighted by Crippen LogP contribution is -2.11. The largest absolute Gasteiger partial charge is 0.489 e. The van der Waals surface area contributed by atoms with Crippen molar-refractivity contribution < 1.29 is 19.4 Å². The summed E-state index contributed by atoms with van der Waals surface area (Å²) in [6, 6.07) is 13.6. The molecule has 2 rings (SSSR count). The molecule has 1 N–H and O–H groups in total. The summed E-state index contributed by atoms with van der Waals surface area (Å²) in [5.41, 5.74) is 0.130. The predicted molar refractivity (Wildman–Crippen MR) is 75.8 cm³/mol. The van der Waals surface area contributed by atoms with E-state index in [2.05, 4.69) is 0 Å². The van der Waals surface area contributed by atoms with Gasteiger partial charge in [-0.05, 0) is 24.3 Å². The zero-order valence-electron chi connectivity index (χ0n) is 10.6. The van der Waals surface area contributed by atoms with Crippen molar-refractivity contribution in [2.75, 3.05) is 13.2 Å². The Morgan fingerprint density at radius 2 is 1.50 bits per heavy atom. The Kier molecular flexibility index (Phi) is 4.85. The number of benzene rings is 2. The lowest BCUT2D eigenvalue weighted by atomic mass is 10.2. The zero-order chi connectivity index (χ0) is 14.4. The number of aromatic carboxylic acids is 1. The summed E-state index contributed by atoms with van der Waals surface area (Å²) >= 11 is 5.94. The fraction of sp³-hybridized carbons (Fsp3) is 0.133. The third kappa shape index (κ3) is 3.65. The van der Waals surface area contributed by atoms with Crippen molar-refractivity contribution in [2.24, 2.45) is 0 Å². The second-order valence-electron chi connectivity index (χ2n) is 3.93. The standard InChI is InChI=1S/C15H13ClO4/c16-12-6-2-4-8-14(12)20-10-9-19-13-7-3-1-5-11(13)15(17)18/h1-8H,9-10H2,(H,17,18). The highest BCUT2D eigenvalue weighted by Gasteiger charge is 2.09. The fourth-order valence-electron chi connectivity index (χ4n) is 1.63. The number of hydrogen-bond acceptors (Lipinski definition) is 3. The third-order valence-electron chi connectivity index (χ3n) is 2.55. The van der Waals surface area contributed by atoms with Crippen LogP contribution in [0.5, 0.6) is 11.5 Å². The van der Waals surface area contributed by atoms with Gasteiger partial charge in [0.15, 0.2) is 0 Å². The van der Waals surface area contributed by atoms with Gasteiger partial charge in [-0.25, -0.2) is 4.79 Å². The molecule has 0 fully saturated rings. The highest BCUT2D eigenvalue weighted by atomic mass is 35.5. The lowest BCUT2D eigenvalue weighted by molar-refractivity contribution is 0.0691. The summed E-state index contributed by atoms with van der Waals surface area (Å²) < 4.78 is 10.9. The van der Waals surface area contributed by atoms with Gasteiger partial charge in [0.05, 0.1) is 5.02 Å². The molecule has 0 aliphatic rings. The van der Waals surface area contributed by atoms with E-state index in [4.69, 9.17) is 26.2 Å². The van der Waals surface area contributed by atoms with Crippen molar-refractivity contribution >= 4 is 17.6 Å². The fourth-order valence-corrected chi connectivity index (χ4v) is 1.82. The number of para-hydroxylation sites is 2. The van der Waals surface area contributed by atoms with E-state index in [-0.39, 0.29) is 18.8 Å². The van der Waals surface area contributed by atoms with Crippen molar-refractivity contribution in [1.29, 1.82) is 0 Å². The molecule has 4 nitrogen and oxygen atoms in total. The van der Waals surface area contributed by atoms with Crippen LogP contribution >= 0.6 is 11.6 Å². The van der Waals surface area contributed by atoms with Gasteiger partial charge in [-0.3, -0.25) is 0 Å². The molecule has 0 bridgehead atoms. The average Bonchev–Trinajstić information content (AvgIpc) is 2.45. The van der Waals surface area contributed by atoms with Crippen LogP contribution in [0.25, 0.3) is 0 Å². The summed E-state index contributed by atoms with van der Waals surface area (Å²) in [4.78, 5) is 11.0. The van der Waals surface area contributed by atoms with Crippen LogP contribution in [0, 0.1) is 0 Å². The van der Waals surface area contributed by atoms with Crippen LogP contribution in [0.1, 0.15) is 10.4 Å². The van der Waals surface area contributed by atoms with Crippen LogP contribution in [-0.2, 0) is 0 Å². The molecule has 5 heteroatoms. The second-order valence-corrected chi connectivity index (χ2v) is 4.34. The molecule has 0 aromatic heterocycles. The van der Waals surface area contributed by atoms with Crippen LogP contribution < -0.4 is 9.47 Å². The highest BCUT2D eigenvalue weighted by molar-refractivity contribution is 6.32. The molecular formula is C15H13ClO4. The van der Waals surface area contributed by atoms with Gasteiger partial charge in [-0.1, -0.05) is 35.9 Å². The first kappa shape index (κ1) is 14.2. The van der Waals surface area contributed by atoms with Crippen molar-refractivity contribution in [3.63, 3.8) is 0 Å². The number of ether oxygens (including phenoxy) is 2. The Balaban J connectivity index is 1.88.